The van der Waals surface area contributed by atoms with E-state index >= 15 is 0 Å². The molecule has 7 nitrogen and oxygen atoms in total. The second-order valence-corrected chi connectivity index (χ2v) is 7.25. The molecule has 1 heterocycles. The van der Waals surface area contributed by atoms with Crippen molar-refractivity contribution in [2.45, 2.75) is 31.2 Å². The minimum absolute atomic E-state index is 0.0711. The second kappa shape index (κ2) is 6.05. The average molecular weight is 326 g/mol. The zero-order valence-corrected chi connectivity index (χ0v) is 13.2. The van der Waals surface area contributed by atoms with Crippen molar-refractivity contribution in [1.82, 2.24) is 9.62 Å². The number of rotatable bonds is 5. The van der Waals surface area contributed by atoms with Crippen molar-refractivity contribution in [3.63, 3.8) is 0 Å². The van der Waals surface area contributed by atoms with E-state index in [1.807, 2.05) is 0 Å². The average Bonchev–Trinajstić information content (AvgIpc) is 2.44. The van der Waals surface area contributed by atoms with Gasteiger partial charge in [-0.25, -0.2) is 8.42 Å². The highest BCUT2D eigenvalue weighted by Crippen LogP contribution is 2.23. The number of amides is 1. The number of fused-ring (bicyclic) bond motifs is 1. The predicted octanol–water partition coefficient (Wildman–Crippen LogP) is 0.456. The first-order chi connectivity index (χ1) is 10.2. The third kappa shape index (κ3) is 3.12. The number of sulfonamides is 1. The van der Waals surface area contributed by atoms with Crippen LogP contribution >= 0.6 is 0 Å². The molecule has 120 valence electrons. The molecule has 0 aromatic heterocycles. The van der Waals surface area contributed by atoms with Crippen LogP contribution in [0, 0.1) is 0 Å². The molecule has 0 saturated heterocycles. The number of carboxylic acid groups (broad SMARTS) is 1. The van der Waals surface area contributed by atoms with Gasteiger partial charge in [-0.2, -0.15) is 4.31 Å². The number of hydrogen-bond acceptors (Lipinski definition) is 4. The Morgan fingerprint density at radius 1 is 1.41 bits per heavy atom. The summed E-state index contributed by atoms with van der Waals surface area (Å²) >= 11 is 0. The molecule has 1 aliphatic rings. The molecule has 1 aliphatic heterocycles. The van der Waals surface area contributed by atoms with E-state index in [0.29, 0.717) is 18.5 Å². The van der Waals surface area contributed by atoms with Gasteiger partial charge in [-0.3, -0.25) is 9.59 Å². The fraction of sp³-hybridized carbons (Fsp3) is 0.429. The Morgan fingerprint density at radius 2 is 2.09 bits per heavy atom. The van der Waals surface area contributed by atoms with Crippen molar-refractivity contribution < 1.29 is 23.1 Å². The van der Waals surface area contributed by atoms with Crippen molar-refractivity contribution in [1.29, 1.82) is 0 Å². The maximum atomic E-state index is 12.6. The van der Waals surface area contributed by atoms with Crippen molar-refractivity contribution >= 4 is 21.9 Å². The summed E-state index contributed by atoms with van der Waals surface area (Å²) in [6, 6.07) is 3.84. The SMILES string of the molecule is CC(C)N(CC(=O)O)S(=O)(=O)c1ccc2c(c1)C(=O)NCC2. The predicted molar refractivity (Wildman–Crippen MR) is 79.1 cm³/mol. The monoisotopic (exact) mass is 326 g/mol. The van der Waals surface area contributed by atoms with Crippen LogP contribution in [0.3, 0.4) is 0 Å². The van der Waals surface area contributed by atoms with Crippen LogP contribution in [0.15, 0.2) is 23.1 Å². The van der Waals surface area contributed by atoms with Crippen LogP contribution in [0.1, 0.15) is 29.8 Å². The van der Waals surface area contributed by atoms with Crippen LogP contribution in [0.2, 0.25) is 0 Å². The first-order valence-electron chi connectivity index (χ1n) is 6.88. The van der Waals surface area contributed by atoms with Crippen molar-refractivity contribution in [2.75, 3.05) is 13.1 Å². The highest BCUT2D eigenvalue weighted by Gasteiger charge is 2.30. The van der Waals surface area contributed by atoms with E-state index in [1.165, 1.54) is 12.1 Å². The standard InChI is InChI=1S/C14H18N2O5S/c1-9(2)16(8-13(17)18)22(20,21)11-4-3-10-5-6-15-14(19)12(10)7-11/h3-4,7,9H,5-6,8H2,1-2H3,(H,15,19)(H,17,18). The van der Waals surface area contributed by atoms with E-state index in [4.69, 9.17) is 5.11 Å². The Bertz CT molecular complexity index is 712. The number of nitrogens with zero attached hydrogens (tertiary/aromatic N) is 1. The Labute approximate surface area is 129 Å². The molecule has 2 rings (SSSR count). The van der Waals surface area contributed by atoms with Crippen molar-refractivity contribution in [2.24, 2.45) is 0 Å². The summed E-state index contributed by atoms with van der Waals surface area (Å²) in [5.74, 6) is -1.54. The number of carboxylic acids is 1. The lowest BCUT2D eigenvalue weighted by Gasteiger charge is -2.25. The molecular weight excluding hydrogens is 308 g/mol. The van der Waals surface area contributed by atoms with Gasteiger partial charge < -0.3 is 10.4 Å². The highest BCUT2D eigenvalue weighted by molar-refractivity contribution is 7.89. The van der Waals surface area contributed by atoms with Crippen LogP contribution in [-0.4, -0.2) is 48.8 Å². The maximum absolute atomic E-state index is 12.6. The Hall–Kier alpha value is -1.93. The number of carbonyl (C=O) groups is 2. The normalized spacial score (nSPS) is 14.8. The molecule has 0 spiro atoms. The molecule has 0 aliphatic carbocycles. The molecule has 22 heavy (non-hydrogen) atoms. The van der Waals surface area contributed by atoms with Crippen molar-refractivity contribution in [3.05, 3.63) is 29.3 Å². The first-order valence-corrected chi connectivity index (χ1v) is 8.32. The lowest BCUT2D eigenvalue weighted by molar-refractivity contribution is -0.137. The number of benzene rings is 1. The van der Waals surface area contributed by atoms with Crippen LogP contribution in [0.4, 0.5) is 0 Å². The molecular formula is C14H18N2O5S. The topological polar surface area (TPSA) is 104 Å². The fourth-order valence-electron chi connectivity index (χ4n) is 2.37. The van der Waals surface area contributed by atoms with Gasteiger partial charge in [-0.1, -0.05) is 6.07 Å². The zero-order valence-electron chi connectivity index (χ0n) is 12.4. The number of hydrogen-bond donors (Lipinski definition) is 2. The largest absolute Gasteiger partial charge is 0.480 e. The minimum Gasteiger partial charge on any atom is -0.480 e. The van der Waals surface area contributed by atoms with Crippen molar-refractivity contribution in [3.8, 4) is 0 Å². The lowest BCUT2D eigenvalue weighted by Crippen LogP contribution is -2.40. The molecule has 0 unspecified atom stereocenters. The smallest absolute Gasteiger partial charge is 0.318 e. The van der Waals surface area contributed by atoms with E-state index in [9.17, 15) is 18.0 Å². The quantitative estimate of drug-likeness (QED) is 0.818. The van der Waals surface area contributed by atoms with E-state index in [1.54, 1.807) is 19.9 Å². The molecule has 8 heteroatoms. The Morgan fingerprint density at radius 3 is 2.68 bits per heavy atom. The minimum atomic E-state index is -3.98. The third-order valence-corrected chi connectivity index (χ3v) is 5.50. The summed E-state index contributed by atoms with van der Waals surface area (Å²) < 4.78 is 26.2. The van der Waals surface area contributed by atoms with Crippen LogP contribution in [0.5, 0.6) is 0 Å². The molecule has 1 aromatic carbocycles. The van der Waals surface area contributed by atoms with E-state index in [2.05, 4.69) is 5.32 Å². The van der Waals surface area contributed by atoms with Gasteiger partial charge in [0.1, 0.15) is 6.54 Å². The van der Waals surface area contributed by atoms with Gasteiger partial charge in [-0.15, -0.1) is 0 Å². The van der Waals surface area contributed by atoms with Crippen LogP contribution in [-0.2, 0) is 21.2 Å². The zero-order chi connectivity index (χ0) is 16.5. The van der Waals surface area contributed by atoms with Gasteiger partial charge in [0, 0.05) is 18.2 Å². The fourth-order valence-corrected chi connectivity index (χ4v) is 3.98. The van der Waals surface area contributed by atoms with Crippen LogP contribution in [0.25, 0.3) is 0 Å². The van der Waals surface area contributed by atoms with Gasteiger partial charge in [0.2, 0.25) is 10.0 Å². The first kappa shape index (κ1) is 16.4. The summed E-state index contributed by atoms with van der Waals surface area (Å²) in [6.07, 6.45) is 0.643. The number of nitrogens with one attached hydrogen (secondary N) is 1. The molecule has 0 fully saturated rings. The van der Waals surface area contributed by atoms with E-state index in [-0.39, 0.29) is 10.8 Å². The molecule has 1 amide bonds. The number of carbonyl (C=O) groups excluding carboxylic acids is 1. The summed E-state index contributed by atoms with van der Waals surface area (Å²) in [7, 11) is -3.98. The molecule has 0 atom stereocenters. The van der Waals surface area contributed by atoms with E-state index in [0.717, 1.165) is 9.87 Å². The van der Waals surface area contributed by atoms with Gasteiger partial charge in [0.25, 0.3) is 5.91 Å². The molecule has 0 bridgehead atoms. The second-order valence-electron chi connectivity index (χ2n) is 5.36. The summed E-state index contributed by atoms with van der Waals surface area (Å²) in [5.41, 5.74) is 1.11. The molecule has 0 radical (unpaired) electrons. The molecule has 0 saturated carbocycles. The lowest BCUT2D eigenvalue weighted by atomic mass is 10.0. The summed E-state index contributed by atoms with van der Waals surface area (Å²) in [4.78, 5) is 22.7. The van der Waals surface area contributed by atoms with E-state index < -0.39 is 28.6 Å². The summed E-state index contributed by atoms with van der Waals surface area (Å²) in [6.45, 7) is 3.11. The van der Waals surface area contributed by atoms with Gasteiger partial charge in [0.05, 0.1) is 4.90 Å². The third-order valence-electron chi connectivity index (χ3n) is 3.48. The molecule has 1 aromatic rings. The van der Waals surface area contributed by atoms with Gasteiger partial charge in [-0.05, 0) is 38.0 Å². The summed E-state index contributed by atoms with van der Waals surface area (Å²) in [5, 5.41) is 11.6. The molecule has 2 N–H and O–H groups in total. The number of aliphatic carboxylic acids is 1. The highest BCUT2D eigenvalue weighted by atomic mass is 32.2. The Balaban J connectivity index is 2.46. The van der Waals surface area contributed by atoms with Gasteiger partial charge >= 0.3 is 5.97 Å². The Kier molecular flexibility index (Phi) is 4.52. The van der Waals surface area contributed by atoms with Gasteiger partial charge in [0.15, 0.2) is 0 Å². The van der Waals surface area contributed by atoms with Crippen LogP contribution < -0.4 is 5.32 Å². The maximum Gasteiger partial charge on any atom is 0.318 e.